The summed E-state index contributed by atoms with van der Waals surface area (Å²) in [7, 11) is 1.62. The fourth-order valence-corrected chi connectivity index (χ4v) is 3.47. The number of hydrogen-bond donors (Lipinski definition) is 0. The van der Waals surface area contributed by atoms with Crippen molar-refractivity contribution in [3.8, 4) is 0 Å². The van der Waals surface area contributed by atoms with Crippen LogP contribution in [-0.2, 0) is 11.8 Å². The average Bonchev–Trinajstić information content (AvgIpc) is 2.95. The van der Waals surface area contributed by atoms with Crippen LogP contribution in [0.25, 0.3) is 11.1 Å². The number of benzene rings is 1. The Morgan fingerprint density at radius 2 is 1.69 bits per heavy atom. The summed E-state index contributed by atoms with van der Waals surface area (Å²) in [5.41, 5.74) is 1.59. The number of aryl methyl sites for hydroxylation is 1. The Balaban J connectivity index is 1.70. The molecular weight excluding hydrogens is 334 g/mol. The second kappa shape index (κ2) is 7.35. The van der Waals surface area contributed by atoms with Gasteiger partial charge in [-0.1, -0.05) is 13.8 Å². The second-order valence-corrected chi connectivity index (χ2v) is 6.74. The maximum atomic E-state index is 12.8. The van der Waals surface area contributed by atoms with Crippen molar-refractivity contribution in [2.45, 2.75) is 26.7 Å². The molecule has 2 aromatic rings. The van der Waals surface area contributed by atoms with Gasteiger partial charge in [0.2, 0.25) is 5.91 Å². The Morgan fingerprint density at radius 1 is 1.08 bits per heavy atom. The molecule has 0 spiro atoms. The summed E-state index contributed by atoms with van der Waals surface area (Å²) >= 11 is 0. The van der Waals surface area contributed by atoms with Gasteiger partial charge in [-0.2, -0.15) is 0 Å². The normalized spacial score (nSPS) is 15.1. The van der Waals surface area contributed by atoms with E-state index in [9.17, 15) is 14.4 Å². The molecule has 1 aromatic heterocycles. The number of amides is 2. The van der Waals surface area contributed by atoms with Gasteiger partial charge in [0, 0.05) is 44.7 Å². The van der Waals surface area contributed by atoms with Gasteiger partial charge in [0.05, 0.1) is 5.52 Å². The third-order valence-corrected chi connectivity index (χ3v) is 5.25. The van der Waals surface area contributed by atoms with Crippen LogP contribution in [0.2, 0.25) is 0 Å². The lowest BCUT2D eigenvalue weighted by atomic mass is 10.0. The van der Waals surface area contributed by atoms with Crippen molar-refractivity contribution in [1.29, 1.82) is 0 Å². The molecule has 0 unspecified atom stereocenters. The molecule has 2 heterocycles. The van der Waals surface area contributed by atoms with Gasteiger partial charge in [-0.05, 0) is 31.0 Å². The van der Waals surface area contributed by atoms with Crippen molar-refractivity contribution in [2.24, 2.45) is 13.0 Å². The number of carbonyl (C=O) groups is 2. The summed E-state index contributed by atoms with van der Waals surface area (Å²) < 4.78 is 6.49. The predicted molar refractivity (Wildman–Crippen MR) is 98.0 cm³/mol. The zero-order chi connectivity index (χ0) is 18.8. The molecule has 7 heteroatoms. The number of fused-ring (bicyclic) bond motifs is 1. The van der Waals surface area contributed by atoms with E-state index < -0.39 is 5.76 Å². The van der Waals surface area contributed by atoms with Gasteiger partial charge in [0.25, 0.3) is 5.91 Å². The van der Waals surface area contributed by atoms with E-state index in [4.69, 9.17) is 4.42 Å². The minimum Gasteiger partial charge on any atom is -0.408 e. The van der Waals surface area contributed by atoms with Crippen LogP contribution in [0, 0.1) is 5.92 Å². The number of carbonyl (C=O) groups excluding carboxylic acids is 2. The predicted octanol–water partition coefficient (Wildman–Crippen LogP) is 1.85. The molecule has 0 N–H and O–H groups in total. The Hall–Kier alpha value is -2.57. The molecule has 1 saturated heterocycles. The average molecular weight is 359 g/mol. The lowest BCUT2D eigenvalue weighted by Gasteiger charge is -2.36. The van der Waals surface area contributed by atoms with Crippen molar-refractivity contribution in [3.05, 3.63) is 34.3 Å². The van der Waals surface area contributed by atoms with Gasteiger partial charge in [0.15, 0.2) is 5.58 Å². The van der Waals surface area contributed by atoms with E-state index in [0.717, 1.165) is 12.8 Å². The second-order valence-electron chi connectivity index (χ2n) is 6.74. The van der Waals surface area contributed by atoms with Crippen molar-refractivity contribution < 1.29 is 14.0 Å². The summed E-state index contributed by atoms with van der Waals surface area (Å²) in [6.45, 7) is 6.23. The molecule has 1 fully saturated rings. The molecule has 0 radical (unpaired) electrons. The Labute approximate surface area is 152 Å². The number of rotatable bonds is 4. The third-order valence-electron chi connectivity index (χ3n) is 5.25. The van der Waals surface area contributed by atoms with Crippen LogP contribution in [0.5, 0.6) is 0 Å². The summed E-state index contributed by atoms with van der Waals surface area (Å²) in [4.78, 5) is 40.5. The fraction of sp³-hybridized carbons (Fsp3) is 0.526. The highest BCUT2D eigenvalue weighted by Gasteiger charge is 2.28. The molecule has 3 rings (SSSR count). The highest BCUT2D eigenvalue weighted by Crippen LogP contribution is 2.18. The molecule has 1 aromatic carbocycles. The van der Waals surface area contributed by atoms with Crippen molar-refractivity contribution >= 4 is 22.9 Å². The van der Waals surface area contributed by atoms with Crippen LogP contribution < -0.4 is 5.76 Å². The van der Waals surface area contributed by atoms with E-state index >= 15 is 0 Å². The molecule has 0 bridgehead atoms. The molecule has 0 saturated carbocycles. The van der Waals surface area contributed by atoms with Crippen LogP contribution >= 0.6 is 0 Å². The molecule has 7 nitrogen and oxygen atoms in total. The molecule has 2 amide bonds. The van der Waals surface area contributed by atoms with E-state index in [2.05, 4.69) is 0 Å². The van der Waals surface area contributed by atoms with Crippen LogP contribution in [0.15, 0.2) is 27.4 Å². The van der Waals surface area contributed by atoms with E-state index in [1.54, 1.807) is 30.1 Å². The lowest BCUT2D eigenvalue weighted by Crippen LogP contribution is -2.51. The van der Waals surface area contributed by atoms with Crippen LogP contribution in [-0.4, -0.2) is 52.4 Å². The first-order valence-electron chi connectivity index (χ1n) is 9.13. The first-order chi connectivity index (χ1) is 12.5. The maximum Gasteiger partial charge on any atom is 0.419 e. The first-order valence-corrected chi connectivity index (χ1v) is 9.13. The summed E-state index contributed by atoms with van der Waals surface area (Å²) in [5, 5.41) is 0. The van der Waals surface area contributed by atoms with E-state index in [0.29, 0.717) is 42.8 Å². The van der Waals surface area contributed by atoms with E-state index in [1.165, 1.54) is 4.57 Å². The minimum atomic E-state index is -0.446. The molecule has 1 aliphatic heterocycles. The zero-order valence-corrected chi connectivity index (χ0v) is 15.5. The molecular formula is C19H25N3O4. The van der Waals surface area contributed by atoms with Crippen LogP contribution in [0.4, 0.5) is 0 Å². The lowest BCUT2D eigenvalue weighted by molar-refractivity contribution is -0.137. The smallest absolute Gasteiger partial charge is 0.408 e. The number of aromatic nitrogens is 1. The largest absolute Gasteiger partial charge is 0.419 e. The van der Waals surface area contributed by atoms with Crippen molar-refractivity contribution in [3.63, 3.8) is 0 Å². The van der Waals surface area contributed by atoms with Gasteiger partial charge in [-0.25, -0.2) is 4.79 Å². The summed E-state index contributed by atoms with van der Waals surface area (Å²) in [6.07, 6.45) is 1.69. The fourth-order valence-electron chi connectivity index (χ4n) is 3.47. The summed E-state index contributed by atoms with van der Waals surface area (Å²) in [5.74, 6) is -0.271. The molecule has 0 atom stereocenters. The van der Waals surface area contributed by atoms with E-state index in [-0.39, 0.29) is 17.7 Å². The molecule has 140 valence electrons. The number of hydrogen-bond acceptors (Lipinski definition) is 4. The minimum absolute atomic E-state index is 0.0713. The van der Waals surface area contributed by atoms with Crippen molar-refractivity contribution in [1.82, 2.24) is 14.4 Å². The molecule has 1 aliphatic rings. The molecule has 26 heavy (non-hydrogen) atoms. The summed E-state index contributed by atoms with van der Waals surface area (Å²) in [6, 6.07) is 5.01. The Bertz CT molecular complexity index is 871. The van der Waals surface area contributed by atoms with Crippen LogP contribution in [0.3, 0.4) is 0 Å². The molecule has 0 aliphatic carbocycles. The number of piperazine rings is 1. The van der Waals surface area contributed by atoms with Crippen LogP contribution in [0.1, 0.15) is 37.0 Å². The first kappa shape index (κ1) is 18.2. The zero-order valence-electron chi connectivity index (χ0n) is 15.5. The standard InChI is InChI=1S/C19H25N3O4/c1-4-13(5-2)17(23)21-8-10-22(11-9-21)18(24)14-6-7-16-15(12-14)20(3)19(25)26-16/h6-7,12-13H,4-5,8-11H2,1-3H3. The van der Waals surface area contributed by atoms with Gasteiger partial charge in [0.1, 0.15) is 0 Å². The van der Waals surface area contributed by atoms with Crippen molar-refractivity contribution in [2.75, 3.05) is 26.2 Å². The van der Waals surface area contributed by atoms with E-state index in [1.807, 2.05) is 18.7 Å². The number of oxazole rings is 1. The van der Waals surface area contributed by atoms with Gasteiger partial charge in [-0.3, -0.25) is 14.2 Å². The highest BCUT2D eigenvalue weighted by atomic mass is 16.4. The Morgan fingerprint density at radius 3 is 2.31 bits per heavy atom. The monoisotopic (exact) mass is 359 g/mol. The highest BCUT2D eigenvalue weighted by molar-refractivity contribution is 5.97. The maximum absolute atomic E-state index is 12.8. The Kier molecular flexibility index (Phi) is 5.15. The topological polar surface area (TPSA) is 75.8 Å². The number of nitrogens with zero attached hydrogens (tertiary/aromatic N) is 3. The quantitative estimate of drug-likeness (QED) is 0.835. The third kappa shape index (κ3) is 3.25. The SMILES string of the molecule is CCC(CC)C(=O)N1CCN(C(=O)c2ccc3oc(=O)n(C)c3c2)CC1. The van der Waals surface area contributed by atoms with Gasteiger partial charge in [-0.15, -0.1) is 0 Å². The van der Waals surface area contributed by atoms with Gasteiger partial charge < -0.3 is 14.2 Å². The van der Waals surface area contributed by atoms with Gasteiger partial charge >= 0.3 is 5.76 Å².